The van der Waals surface area contributed by atoms with Crippen LogP contribution in [0.3, 0.4) is 0 Å². The Hall–Kier alpha value is -2.01. The minimum absolute atomic E-state index is 0.748. The monoisotopic (exact) mass is 224 g/mol. The zero-order chi connectivity index (χ0) is 12.1. The largest absolute Gasteiger partial charge is 0.332 e. The van der Waals surface area contributed by atoms with Gasteiger partial charge in [0.25, 0.3) is 0 Å². The van der Waals surface area contributed by atoms with Crippen LogP contribution in [0.5, 0.6) is 0 Å². The van der Waals surface area contributed by atoms with Gasteiger partial charge in [0, 0.05) is 12.2 Å². The molecule has 86 valence electrons. The van der Waals surface area contributed by atoms with E-state index in [1.54, 1.807) is 0 Å². The van der Waals surface area contributed by atoms with Crippen molar-refractivity contribution in [3.05, 3.63) is 48.2 Å². The molecule has 1 heterocycles. The molecule has 17 heavy (non-hydrogen) atoms. The maximum Gasteiger partial charge on any atom is 0.120 e. The highest BCUT2D eigenvalue weighted by atomic mass is 15.0. The number of hydrogen-bond donors (Lipinski definition) is 0. The van der Waals surface area contributed by atoms with Crippen molar-refractivity contribution in [1.29, 1.82) is 5.26 Å². The van der Waals surface area contributed by atoms with Crippen LogP contribution >= 0.6 is 0 Å². The number of nitriles is 1. The Balaban J connectivity index is 2.41. The number of benzene rings is 1. The summed E-state index contributed by atoms with van der Waals surface area (Å²) in [7, 11) is 0. The number of rotatable bonds is 4. The van der Waals surface area contributed by atoms with Crippen LogP contribution in [0.25, 0.3) is 11.3 Å². The van der Waals surface area contributed by atoms with E-state index in [9.17, 15) is 0 Å². The van der Waals surface area contributed by atoms with Crippen molar-refractivity contribution >= 4 is 0 Å². The van der Waals surface area contributed by atoms with E-state index in [2.05, 4.69) is 29.7 Å². The summed E-state index contributed by atoms with van der Waals surface area (Å²) in [5.74, 6) is 0. The van der Waals surface area contributed by atoms with Gasteiger partial charge in [0.15, 0.2) is 0 Å². The summed E-state index contributed by atoms with van der Waals surface area (Å²) in [5, 5.41) is 9.11. The summed E-state index contributed by atoms with van der Waals surface area (Å²) in [6, 6.07) is 16.4. The molecule has 2 rings (SSSR count). The predicted molar refractivity (Wildman–Crippen MR) is 69.5 cm³/mol. The molecule has 1 aromatic heterocycles. The van der Waals surface area contributed by atoms with Crippen LogP contribution in [0.4, 0.5) is 0 Å². The molecular weight excluding hydrogens is 208 g/mol. The number of unbranched alkanes of at least 4 members (excludes halogenated alkanes) is 1. The van der Waals surface area contributed by atoms with Crippen LogP contribution in [0.15, 0.2) is 42.5 Å². The molecule has 0 amide bonds. The van der Waals surface area contributed by atoms with E-state index in [-0.39, 0.29) is 0 Å². The standard InChI is InChI=1S/C15H16N2/c1-2-3-11-17-14(12-16)9-10-15(17)13-7-5-4-6-8-13/h4-10H,2-3,11H2,1H3. The smallest absolute Gasteiger partial charge is 0.120 e. The first kappa shape index (κ1) is 11.5. The van der Waals surface area contributed by atoms with Crippen LogP contribution in [0, 0.1) is 11.3 Å². The first-order chi connectivity index (χ1) is 8.36. The van der Waals surface area contributed by atoms with Gasteiger partial charge in [0.05, 0.1) is 0 Å². The van der Waals surface area contributed by atoms with E-state index >= 15 is 0 Å². The molecule has 0 aliphatic rings. The van der Waals surface area contributed by atoms with Crippen LogP contribution in [-0.4, -0.2) is 4.57 Å². The molecule has 2 aromatic rings. The summed E-state index contributed by atoms with van der Waals surface area (Å²) in [6.45, 7) is 3.08. The molecule has 0 spiro atoms. The van der Waals surface area contributed by atoms with E-state index in [0.717, 1.165) is 30.8 Å². The third-order valence-electron chi connectivity index (χ3n) is 2.90. The van der Waals surface area contributed by atoms with Gasteiger partial charge in [-0.1, -0.05) is 43.7 Å². The van der Waals surface area contributed by atoms with Crippen LogP contribution in [-0.2, 0) is 6.54 Å². The van der Waals surface area contributed by atoms with Crippen molar-refractivity contribution in [2.75, 3.05) is 0 Å². The Morgan fingerprint density at radius 1 is 1.12 bits per heavy atom. The molecule has 0 saturated heterocycles. The molecule has 2 heteroatoms. The van der Waals surface area contributed by atoms with E-state index in [4.69, 9.17) is 5.26 Å². The Bertz CT molecular complexity index is 518. The molecule has 0 bridgehead atoms. The molecule has 1 aromatic carbocycles. The number of nitrogens with zero attached hydrogens (tertiary/aromatic N) is 2. The SMILES string of the molecule is CCCCn1c(C#N)ccc1-c1ccccc1. The van der Waals surface area contributed by atoms with Crippen molar-refractivity contribution in [3.8, 4) is 17.3 Å². The fourth-order valence-corrected chi connectivity index (χ4v) is 1.98. The first-order valence-corrected chi connectivity index (χ1v) is 6.02. The molecule has 0 fully saturated rings. The Morgan fingerprint density at radius 3 is 2.53 bits per heavy atom. The lowest BCUT2D eigenvalue weighted by atomic mass is 10.1. The van der Waals surface area contributed by atoms with E-state index in [0.29, 0.717) is 0 Å². The quantitative estimate of drug-likeness (QED) is 0.776. The fraction of sp³-hybridized carbons (Fsp3) is 0.267. The lowest BCUT2D eigenvalue weighted by Gasteiger charge is -2.09. The maximum absolute atomic E-state index is 9.11. The highest BCUT2D eigenvalue weighted by Crippen LogP contribution is 2.22. The van der Waals surface area contributed by atoms with Gasteiger partial charge in [0.2, 0.25) is 0 Å². The van der Waals surface area contributed by atoms with Crippen LogP contribution in [0.1, 0.15) is 25.5 Å². The van der Waals surface area contributed by atoms with Crippen molar-refractivity contribution < 1.29 is 0 Å². The van der Waals surface area contributed by atoms with Gasteiger partial charge in [-0.3, -0.25) is 0 Å². The second-order valence-corrected chi connectivity index (χ2v) is 4.09. The van der Waals surface area contributed by atoms with Crippen molar-refractivity contribution in [1.82, 2.24) is 4.57 Å². The molecule has 2 nitrogen and oxygen atoms in total. The van der Waals surface area contributed by atoms with E-state index in [1.807, 2.05) is 30.3 Å². The minimum Gasteiger partial charge on any atom is -0.332 e. The summed E-state index contributed by atoms with van der Waals surface area (Å²) in [6.07, 6.45) is 2.24. The molecular formula is C15H16N2. The van der Waals surface area contributed by atoms with Gasteiger partial charge in [-0.2, -0.15) is 5.26 Å². The summed E-state index contributed by atoms with van der Waals surface area (Å²) < 4.78 is 2.11. The molecule has 0 N–H and O–H groups in total. The third-order valence-corrected chi connectivity index (χ3v) is 2.90. The molecule has 0 unspecified atom stereocenters. The van der Waals surface area contributed by atoms with Gasteiger partial charge in [0.1, 0.15) is 11.8 Å². The minimum atomic E-state index is 0.748. The summed E-state index contributed by atoms with van der Waals surface area (Å²) in [4.78, 5) is 0. The molecule has 0 aliphatic carbocycles. The summed E-state index contributed by atoms with van der Waals surface area (Å²) in [5.41, 5.74) is 3.05. The van der Waals surface area contributed by atoms with Crippen molar-refractivity contribution in [2.24, 2.45) is 0 Å². The van der Waals surface area contributed by atoms with Crippen LogP contribution in [0.2, 0.25) is 0 Å². The van der Waals surface area contributed by atoms with Crippen molar-refractivity contribution in [2.45, 2.75) is 26.3 Å². The van der Waals surface area contributed by atoms with Gasteiger partial charge >= 0.3 is 0 Å². The zero-order valence-electron chi connectivity index (χ0n) is 10.1. The summed E-state index contributed by atoms with van der Waals surface area (Å²) >= 11 is 0. The second-order valence-electron chi connectivity index (χ2n) is 4.09. The topological polar surface area (TPSA) is 28.7 Å². The average Bonchev–Trinajstić information content (AvgIpc) is 2.80. The molecule has 0 aliphatic heterocycles. The van der Waals surface area contributed by atoms with E-state index < -0.39 is 0 Å². The first-order valence-electron chi connectivity index (χ1n) is 6.02. The molecule has 0 atom stereocenters. The normalized spacial score (nSPS) is 10.1. The number of hydrogen-bond acceptors (Lipinski definition) is 1. The highest BCUT2D eigenvalue weighted by Gasteiger charge is 2.08. The second kappa shape index (κ2) is 5.36. The van der Waals surface area contributed by atoms with Gasteiger partial charge in [-0.05, 0) is 24.1 Å². The fourth-order valence-electron chi connectivity index (χ4n) is 1.98. The van der Waals surface area contributed by atoms with Gasteiger partial charge < -0.3 is 4.57 Å². The predicted octanol–water partition coefficient (Wildman–Crippen LogP) is 3.83. The zero-order valence-corrected chi connectivity index (χ0v) is 10.1. The van der Waals surface area contributed by atoms with Crippen molar-refractivity contribution in [3.63, 3.8) is 0 Å². The molecule has 0 radical (unpaired) electrons. The maximum atomic E-state index is 9.11. The average molecular weight is 224 g/mol. The lowest BCUT2D eigenvalue weighted by molar-refractivity contribution is 0.634. The number of aromatic nitrogens is 1. The Labute approximate surface area is 102 Å². The van der Waals surface area contributed by atoms with Gasteiger partial charge in [-0.25, -0.2) is 0 Å². The van der Waals surface area contributed by atoms with Gasteiger partial charge in [-0.15, -0.1) is 0 Å². The third kappa shape index (κ3) is 2.39. The lowest BCUT2D eigenvalue weighted by Crippen LogP contribution is -2.02. The van der Waals surface area contributed by atoms with Crippen LogP contribution < -0.4 is 0 Å². The Morgan fingerprint density at radius 2 is 1.88 bits per heavy atom. The van der Waals surface area contributed by atoms with E-state index in [1.165, 1.54) is 5.56 Å². The molecule has 0 saturated carbocycles. The Kier molecular flexibility index (Phi) is 3.62. The highest BCUT2D eigenvalue weighted by molar-refractivity contribution is 5.61.